The molecule has 1 fully saturated rings. The predicted molar refractivity (Wildman–Crippen MR) is 43.7 cm³/mol. The summed E-state index contributed by atoms with van der Waals surface area (Å²) in [7, 11) is 0. The molecule has 0 aromatic heterocycles. The Labute approximate surface area is 63.0 Å². The molecule has 0 spiro atoms. The van der Waals surface area contributed by atoms with Crippen molar-refractivity contribution < 1.29 is 0 Å². The SMILES string of the molecule is NC1CCCCCC[C@@H]1N. The van der Waals surface area contributed by atoms with Gasteiger partial charge in [0.2, 0.25) is 0 Å². The molecule has 2 nitrogen and oxygen atoms in total. The zero-order valence-corrected chi connectivity index (χ0v) is 6.55. The molecular formula is C8H18N2. The third-order valence-electron chi connectivity index (χ3n) is 2.37. The largest absolute Gasteiger partial charge is 0.326 e. The van der Waals surface area contributed by atoms with Crippen LogP contribution in [0.5, 0.6) is 0 Å². The van der Waals surface area contributed by atoms with Crippen molar-refractivity contribution in [1.82, 2.24) is 0 Å². The first kappa shape index (κ1) is 8.02. The number of hydrogen-bond donors (Lipinski definition) is 2. The molecule has 1 rings (SSSR count). The van der Waals surface area contributed by atoms with Crippen molar-refractivity contribution in [3.8, 4) is 0 Å². The molecule has 0 aliphatic heterocycles. The fourth-order valence-corrected chi connectivity index (χ4v) is 1.54. The van der Waals surface area contributed by atoms with Gasteiger partial charge in [-0.25, -0.2) is 0 Å². The lowest BCUT2D eigenvalue weighted by molar-refractivity contribution is 0.403. The fraction of sp³-hybridized carbons (Fsp3) is 1.00. The van der Waals surface area contributed by atoms with Gasteiger partial charge in [0.05, 0.1) is 0 Å². The van der Waals surface area contributed by atoms with Crippen LogP contribution in [0.25, 0.3) is 0 Å². The maximum Gasteiger partial charge on any atom is 0.0192 e. The molecule has 0 amide bonds. The van der Waals surface area contributed by atoms with E-state index in [2.05, 4.69) is 0 Å². The maximum absolute atomic E-state index is 5.82. The van der Waals surface area contributed by atoms with Crippen LogP contribution in [0.15, 0.2) is 0 Å². The van der Waals surface area contributed by atoms with Gasteiger partial charge in [-0.3, -0.25) is 0 Å². The zero-order chi connectivity index (χ0) is 7.40. The molecule has 0 bridgehead atoms. The van der Waals surface area contributed by atoms with Crippen molar-refractivity contribution in [3.63, 3.8) is 0 Å². The summed E-state index contributed by atoms with van der Waals surface area (Å²) < 4.78 is 0. The van der Waals surface area contributed by atoms with Gasteiger partial charge in [-0.15, -0.1) is 0 Å². The predicted octanol–water partition coefficient (Wildman–Crippen LogP) is 0.995. The number of nitrogens with two attached hydrogens (primary N) is 2. The van der Waals surface area contributed by atoms with E-state index in [1.807, 2.05) is 0 Å². The van der Waals surface area contributed by atoms with Gasteiger partial charge in [-0.1, -0.05) is 25.7 Å². The standard InChI is InChI=1S/C8H18N2/c9-7-5-3-1-2-4-6-8(7)10/h7-8H,1-6,9-10H2/t7-,8?/m0/s1. The molecule has 1 saturated carbocycles. The first-order valence-corrected chi connectivity index (χ1v) is 4.32. The lowest BCUT2D eigenvalue weighted by Crippen LogP contribution is -2.41. The molecule has 0 saturated heterocycles. The molecule has 2 atom stereocenters. The second-order valence-electron chi connectivity index (χ2n) is 3.32. The summed E-state index contributed by atoms with van der Waals surface area (Å²) in [5.41, 5.74) is 11.6. The number of rotatable bonds is 0. The molecule has 0 aromatic rings. The van der Waals surface area contributed by atoms with Crippen LogP contribution < -0.4 is 11.5 Å². The van der Waals surface area contributed by atoms with E-state index in [1.165, 1.54) is 25.7 Å². The molecule has 2 heteroatoms. The Kier molecular flexibility index (Phi) is 3.16. The Hall–Kier alpha value is -0.0800. The van der Waals surface area contributed by atoms with Crippen molar-refractivity contribution in [2.24, 2.45) is 11.5 Å². The lowest BCUT2D eigenvalue weighted by Gasteiger charge is -2.22. The van der Waals surface area contributed by atoms with Gasteiger partial charge in [0, 0.05) is 12.1 Å². The van der Waals surface area contributed by atoms with Crippen LogP contribution in [0.2, 0.25) is 0 Å². The fourth-order valence-electron chi connectivity index (χ4n) is 1.54. The summed E-state index contributed by atoms with van der Waals surface area (Å²) in [6, 6.07) is 0.528. The van der Waals surface area contributed by atoms with Gasteiger partial charge >= 0.3 is 0 Å². The Morgan fingerprint density at radius 1 is 0.700 bits per heavy atom. The quantitative estimate of drug-likeness (QED) is 0.530. The minimum atomic E-state index is 0.264. The summed E-state index contributed by atoms with van der Waals surface area (Å²) in [5, 5.41) is 0. The van der Waals surface area contributed by atoms with Crippen molar-refractivity contribution in [3.05, 3.63) is 0 Å². The average molecular weight is 142 g/mol. The highest BCUT2D eigenvalue weighted by molar-refractivity contribution is 4.77. The van der Waals surface area contributed by atoms with Crippen LogP contribution in [-0.2, 0) is 0 Å². The van der Waals surface area contributed by atoms with Crippen molar-refractivity contribution in [2.45, 2.75) is 50.6 Å². The van der Waals surface area contributed by atoms with Crippen LogP contribution in [0.3, 0.4) is 0 Å². The average Bonchev–Trinajstić information content (AvgIpc) is 1.92. The first-order valence-electron chi connectivity index (χ1n) is 4.32. The van der Waals surface area contributed by atoms with E-state index < -0.39 is 0 Å². The zero-order valence-electron chi connectivity index (χ0n) is 6.55. The topological polar surface area (TPSA) is 52.0 Å². The molecule has 10 heavy (non-hydrogen) atoms. The van der Waals surface area contributed by atoms with Gasteiger partial charge in [0.15, 0.2) is 0 Å². The molecule has 0 aromatic carbocycles. The van der Waals surface area contributed by atoms with E-state index in [0.717, 1.165) is 12.8 Å². The maximum atomic E-state index is 5.82. The third-order valence-corrected chi connectivity index (χ3v) is 2.37. The van der Waals surface area contributed by atoms with Gasteiger partial charge in [0.1, 0.15) is 0 Å². The van der Waals surface area contributed by atoms with E-state index in [1.54, 1.807) is 0 Å². The summed E-state index contributed by atoms with van der Waals surface area (Å²) in [6.07, 6.45) is 7.49. The van der Waals surface area contributed by atoms with Gasteiger partial charge in [-0.2, -0.15) is 0 Å². The van der Waals surface area contributed by atoms with E-state index >= 15 is 0 Å². The van der Waals surface area contributed by atoms with Crippen molar-refractivity contribution >= 4 is 0 Å². The number of hydrogen-bond acceptors (Lipinski definition) is 2. The first-order chi connectivity index (χ1) is 4.80. The summed E-state index contributed by atoms with van der Waals surface area (Å²) in [5.74, 6) is 0. The van der Waals surface area contributed by atoms with E-state index in [4.69, 9.17) is 11.5 Å². The summed E-state index contributed by atoms with van der Waals surface area (Å²) >= 11 is 0. The third kappa shape index (κ3) is 2.27. The molecular weight excluding hydrogens is 124 g/mol. The lowest BCUT2D eigenvalue weighted by atomic mass is 9.94. The van der Waals surface area contributed by atoms with E-state index in [9.17, 15) is 0 Å². The van der Waals surface area contributed by atoms with Crippen molar-refractivity contribution in [1.29, 1.82) is 0 Å². The molecule has 0 heterocycles. The van der Waals surface area contributed by atoms with Gasteiger partial charge in [0.25, 0.3) is 0 Å². The smallest absolute Gasteiger partial charge is 0.0192 e. The molecule has 1 unspecified atom stereocenters. The molecule has 0 radical (unpaired) electrons. The highest BCUT2D eigenvalue weighted by Gasteiger charge is 2.14. The van der Waals surface area contributed by atoms with E-state index in [0.29, 0.717) is 0 Å². The Morgan fingerprint density at radius 3 is 1.50 bits per heavy atom. The monoisotopic (exact) mass is 142 g/mol. The molecule has 60 valence electrons. The minimum Gasteiger partial charge on any atom is -0.326 e. The Morgan fingerprint density at radius 2 is 1.10 bits per heavy atom. The molecule has 1 aliphatic rings. The van der Waals surface area contributed by atoms with Crippen LogP contribution in [0.1, 0.15) is 38.5 Å². The van der Waals surface area contributed by atoms with Gasteiger partial charge < -0.3 is 11.5 Å². The van der Waals surface area contributed by atoms with Crippen LogP contribution >= 0.6 is 0 Å². The Bertz CT molecular complexity index is 81.3. The van der Waals surface area contributed by atoms with Crippen molar-refractivity contribution in [2.75, 3.05) is 0 Å². The second-order valence-corrected chi connectivity index (χ2v) is 3.32. The van der Waals surface area contributed by atoms with Crippen LogP contribution in [0, 0.1) is 0 Å². The van der Waals surface area contributed by atoms with E-state index in [-0.39, 0.29) is 12.1 Å². The Balaban J connectivity index is 2.28. The second kappa shape index (κ2) is 3.94. The molecule has 1 aliphatic carbocycles. The van der Waals surface area contributed by atoms with Crippen LogP contribution in [0.4, 0.5) is 0 Å². The highest BCUT2D eigenvalue weighted by atomic mass is 14.8. The highest BCUT2D eigenvalue weighted by Crippen LogP contribution is 2.14. The van der Waals surface area contributed by atoms with Gasteiger partial charge in [-0.05, 0) is 12.8 Å². The molecule has 4 N–H and O–H groups in total. The summed E-state index contributed by atoms with van der Waals surface area (Å²) in [4.78, 5) is 0. The van der Waals surface area contributed by atoms with Crippen LogP contribution in [-0.4, -0.2) is 12.1 Å². The normalized spacial score (nSPS) is 36.6. The summed E-state index contributed by atoms with van der Waals surface area (Å²) in [6.45, 7) is 0. The minimum absolute atomic E-state index is 0.264.